The Labute approximate surface area is 158 Å². The third-order valence-electron chi connectivity index (χ3n) is 5.17. The van der Waals surface area contributed by atoms with Crippen molar-refractivity contribution >= 4 is 17.6 Å². The molecule has 0 saturated carbocycles. The molecule has 0 aromatic heterocycles. The van der Waals surface area contributed by atoms with Crippen LogP contribution in [0.5, 0.6) is 5.75 Å². The molecule has 27 heavy (non-hydrogen) atoms. The number of hydrogen-bond donors (Lipinski definition) is 0. The molecule has 4 rings (SSSR count). The van der Waals surface area contributed by atoms with Gasteiger partial charge in [-0.3, -0.25) is 4.79 Å². The maximum absolute atomic E-state index is 13.3. The van der Waals surface area contributed by atoms with Gasteiger partial charge in [-0.1, -0.05) is 66.7 Å². The van der Waals surface area contributed by atoms with Crippen molar-refractivity contribution in [1.82, 2.24) is 0 Å². The minimum absolute atomic E-state index is 0.298. The molecule has 3 aromatic rings. The molecule has 0 saturated heterocycles. The Morgan fingerprint density at radius 1 is 0.815 bits per heavy atom. The Morgan fingerprint density at radius 3 is 2.15 bits per heavy atom. The lowest BCUT2D eigenvalue weighted by atomic mass is 9.69. The number of carbonyl (C=O) groups is 1. The summed E-state index contributed by atoms with van der Waals surface area (Å²) in [4.78, 5) is 13.3. The number of rotatable bonds is 4. The van der Waals surface area contributed by atoms with Gasteiger partial charge in [0, 0.05) is 0 Å². The quantitative estimate of drug-likeness (QED) is 0.635. The zero-order valence-corrected chi connectivity index (χ0v) is 15.3. The smallest absolute Gasteiger partial charge is 0.325 e. The fraction of sp³-hybridized carbons (Fsp3) is 0.125. The standard InChI is InChI=1S/C24H20O3/c1-26-20-14-12-19(13-15-20)24(23(25)27-2)21-11-7-6-10-18(21)16-22(24)17-8-4-3-5-9-17/h3-16H,1-2H3/t24-/m0/s1. The van der Waals surface area contributed by atoms with Crippen molar-refractivity contribution in [3.8, 4) is 5.75 Å². The molecule has 1 aliphatic carbocycles. The summed E-state index contributed by atoms with van der Waals surface area (Å²) in [6, 6.07) is 25.6. The molecule has 1 atom stereocenters. The van der Waals surface area contributed by atoms with E-state index in [1.54, 1.807) is 7.11 Å². The third-order valence-corrected chi connectivity index (χ3v) is 5.17. The van der Waals surface area contributed by atoms with Crippen LogP contribution in [0.3, 0.4) is 0 Å². The summed E-state index contributed by atoms with van der Waals surface area (Å²) in [6.07, 6.45) is 2.09. The van der Waals surface area contributed by atoms with Crippen molar-refractivity contribution in [3.05, 3.63) is 101 Å². The lowest BCUT2D eigenvalue weighted by Crippen LogP contribution is -2.38. The fourth-order valence-electron chi connectivity index (χ4n) is 3.93. The number of methoxy groups -OCH3 is 2. The first-order valence-electron chi connectivity index (χ1n) is 8.82. The van der Waals surface area contributed by atoms with Gasteiger partial charge in [-0.05, 0) is 46.0 Å². The highest BCUT2D eigenvalue weighted by atomic mass is 16.5. The SMILES string of the molecule is COC(=O)[C@]1(c2ccc(OC)cc2)C(c2ccccc2)=Cc2ccccc21. The molecule has 0 radical (unpaired) electrons. The van der Waals surface area contributed by atoms with Crippen molar-refractivity contribution in [2.24, 2.45) is 0 Å². The molecule has 0 N–H and O–H groups in total. The molecule has 3 heteroatoms. The largest absolute Gasteiger partial charge is 0.497 e. The number of carbonyl (C=O) groups excluding carboxylic acids is 1. The summed E-state index contributed by atoms with van der Waals surface area (Å²) in [6.45, 7) is 0. The van der Waals surface area contributed by atoms with Gasteiger partial charge >= 0.3 is 5.97 Å². The minimum atomic E-state index is -1.01. The van der Waals surface area contributed by atoms with Gasteiger partial charge in [0.2, 0.25) is 0 Å². The topological polar surface area (TPSA) is 35.5 Å². The number of esters is 1. The van der Waals surface area contributed by atoms with Crippen molar-refractivity contribution in [2.45, 2.75) is 5.41 Å². The van der Waals surface area contributed by atoms with E-state index in [-0.39, 0.29) is 5.97 Å². The summed E-state index contributed by atoms with van der Waals surface area (Å²) >= 11 is 0. The van der Waals surface area contributed by atoms with Crippen LogP contribution in [0.15, 0.2) is 78.9 Å². The average molecular weight is 356 g/mol. The van der Waals surface area contributed by atoms with Crippen molar-refractivity contribution in [1.29, 1.82) is 0 Å². The van der Waals surface area contributed by atoms with E-state index in [0.717, 1.165) is 33.6 Å². The van der Waals surface area contributed by atoms with E-state index in [0.29, 0.717) is 0 Å². The maximum atomic E-state index is 13.3. The Balaban J connectivity index is 2.04. The van der Waals surface area contributed by atoms with E-state index in [9.17, 15) is 4.79 Å². The van der Waals surface area contributed by atoms with E-state index in [1.165, 1.54) is 7.11 Å². The van der Waals surface area contributed by atoms with Gasteiger partial charge in [0.1, 0.15) is 11.2 Å². The molecule has 0 spiro atoms. The van der Waals surface area contributed by atoms with Gasteiger partial charge in [0.05, 0.1) is 14.2 Å². The number of fused-ring (bicyclic) bond motifs is 1. The van der Waals surface area contributed by atoms with Gasteiger partial charge in [-0.15, -0.1) is 0 Å². The molecule has 3 nitrogen and oxygen atoms in total. The van der Waals surface area contributed by atoms with E-state index < -0.39 is 5.41 Å². The molecule has 0 amide bonds. The summed E-state index contributed by atoms with van der Waals surface area (Å²) < 4.78 is 10.6. The number of hydrogen-bond acceptors (Lipinski definition) is 3. The maximum Gasteiger partial charge on any atom is 0.325 e. The van der Waals surface area contributed by atoms with Gasteiger partial charge in [0.25, 0.3) is 0 Å². The van der Waals surface area contributed by atoms with E-state index in [1.807, 2.05) is 78.9 Å². The number of ether oxygens (including phenoxy) is 2. The first kappa shape index (κ1) is 17.1. The predicted octanol–water partition coefficient (Wildman–Crippen LogP) is 4.71. The molecule has 0 fully saturated rings. The molecular formula is C24H20O3. The van der Waals surface area contributed by atoms with E-state index >= 15 is 0 Å². The van der Waals surface area contributed by atoms with Crippen LogP contribution in [-0.4, -0.2) is 20.2 Å². The highest BCUT2D eigenvalue weighted by molar-refractivity contribution is 6.11. The Bertz CT molecular complexity index is 1000. The van der Waals surface area contributed by atoms with Crippen LogP contribution >= 0.6 is 0 Å². The monoisotopic (exact) mass is 356 g/mol. The van der Waals surface area contributed by atoms with Crippen LogP contribution < -0.4 is 4.74 Å². The van der Waals surface area contributed by atoms with E-state index in [2.05, 4.69) is 6.08 Å². The number of benzene rings is 3. The Morgan fingerprint density at radius 2 is 1.48 bits per heavy atom. The molecular weight excluding hydrogens is 336 g/mol. The van der Waals surface area contributed by atoms with Gasteiger partial charge in [-0.2, -0.15) is 0 Å². The van der Waals surface area contributed by atoms with Crippen molar-refractivity contribution in [2.75, 3.05) is 14.2 Å². The Hall–Kier alpha value is -3.33. The van der Waals surface area contributed by atoms with Crippen LogP contribution in [0, 0.1) is 0 Å². The molecule has 134 valence electrons. The third kappa shape index (κ3) is 2.55. The summed E-state index contributed by atoms with van der Waals surface area (Å²) in [5.41, 5.74) is 3.71. The molecule has 0 heterocycles. The van der Waals surface area contributed by atoms with E-state index in [4.69, 9.17) is 9.47 Å². The molecule has 0 unspecified atom stereocenters. The Kier molecular flexibility index (Phi) is 4.28. The second-order valence-electron chi connectivity index (χ2n) is 6.48. The normalized spacial score (nSPS) is 17.8. The van der Waals surface area contributed by atoms with Crippen LogP contribution in [0.25, 0.3) is 11.6 Å². The molecule has 0 bridgehead atoms. The zero-order valence-electron chi connectivity index (χ0n) is 15.3. The first-order valence-corrected chi connectivity index (χ1v) is 8.82. The average Bonchev–Trinajstić information content (AvgIpc) is 3.10. The zero-order chi connectivity index (χ0) is 18.9. The fourth-order valence-corrected chi connectivity index (χ4v) is 3.93. The molecule has 0 aliphatic heterocycles. The summed E-state index contributed by atoms with van der Waals surface area (Å²) in [5.74, 6) is 0.447. The second-order valence-corrected chi connectivity index (χ2v) is 6.48. The summed E-state index contributed by atoms with van der Waals surface area (Å²) in [7, 11) is 3.07. The van der Waals surface area contributed by atoms with Gasteiger partial charge < -0.3 is 9.47 Å². The highest BCUT2D eigenvalue weighted by Crippen LogP contribution is 2.52. The van der Waals surface area contributed by atoms with Crippen molar-refractivity contribution in [3.63, 3.8) is 0 Å². The highest BCUT2D eigenvalue weighted by Gasteiger charge is 2.51. The van der Waals surface area contributed by atoms with Gasteiger partial charge in [0.15, 0.2) is 0 Å². The lowest BCUT2D eigenvalue weighted by Gasteiger charge is -2.32. The van der Waals surface area contributed by atoms with Gasteiger partial charge in [-0.25, -0.2) is 0 Å². The summed E-state index contributed by atoms with van der Waals surface area (Å²) in [5, 5.41) is 0. The van der Waals surface area contributed by atoms with Crippen LogP contribution in [0.1, 0.15) is 22.3 Å². The minimum Gasteiger partial charge on any atom is -0.497 e. The second kappa shape index (κ2) is 6.76. The van der Waals surface area contributed by atoms with Crippen LogP contribution in [-0.2, 0) is 14.9 Å². The van der Waals surface area contributed by atoms with Crippen LogP contribution in [0.4, 0.5) is 0 Å². The van der Waals surface area contributed by atoms with Crippen LogP contribution in [0.2, 0.25) is 0 Å². The molecule has 1 aliphatic rings. The predicted molar refractivity (Wildman–Crippen MR) is 107 cm³/mol. The molecule has 3 aromatic carbocycles. The lowest BCUT2D eigenvalue weighted by molar-refractivity contribution is -0.143. The first-order chi connectivity index (χ1) is 13.2. The van der Waals surface area contributed by atoms with Crippen molar-refractivity contribution < 1.29 is 14.3 Å².